The molecule has 2 heterocycles. The van der Waals surface area contributed by atoms with Crippen LogP contribution in [0, 0.1) is 5.82 Å². The van der Waals surface area contributed by atoms with Gasteiger partial charge in [0.25, 0.3) is 0 Å². The van der Waals surface area contributed by atoms with E-state index in [1.54, 1.807) is 17.4 Å². The summed E-state index contributed by atoms with van der Waals surface area (Å²) in [7, 11) is 0. The minimum absolute atomic E-state index is 0.0190. The van der Waals surface area contributed by atoms with Crippen LogP contribution in [-0.2, 0) is 13.0 Å². The molecule has 3 rings (SSSR count). The molecule has 2 aromatic rings. The number of fused-ring (bicyclic) bond motifs is 1. The van der Waals surface area contributed by atoms with Gasteiger partial charge in [-0.3, -0.25) is 0 Å². The van der Waals surface area contributed by atoms with E-state index >= 15 is 0 Å². The molecule has 98 valence electrons. The minimum Gasteiger partial charge on any atom is -0.478 e. The molecular formula is C14H12FNO2S. The number of halogens is 1. The molecule has 1 aromatic carbocycles. The molecule has 19 heavy (non-hydrogen) atoms. The van der Waals surface area contributed by atoms with Gasteiger partial charge in [-0.05, 0) is 41.6 Å². The Morgan fingerprint density at radius 2 is 2.21 bits per heavy atom. The summed E-state index contributed by atoms with van der Waals surface area (Å²) in [5.41, 5.74) is 1.69. The van der Waals surface area contributed by atoms with Crippen molar-refractivity contribution in [3.05, 3.63) is 51.5 Å². The Balaban J connectivity index is 1.90. The second kappa shape index (κ2) is 4.66. The highest BCUT2D eigenvalue weighted by Crippen LogP contribution is 2.29. The van der Waals surface area contributed by atoms with Gasteiger partial charge in [0.1, 0.15) is 5.82 Å². The van der Waals surface area contributed by atoms with Crippen molar-refractivity contribution in [2.24, 2.45) is 0 Å². The molecule has 3 nitrogen and oxygen atoms in total. The van der Waals surface area contributed by atoms with Crippen molar-refractivity contribution in [1.29, 1.82) is 0 Å². The number of carboxylic acids is 1. The van der Waals surface area contributed by atoms with E-state index in [-0.39, 0.29) is 5.56 Å². The molecule has 0 atom stereocenters. The molecule has 0 fully saturated rings. The van der Waals surface area contributed by atoms with E-state index in [2.05, 4.69) is 11.4 Å². The van der Waals surface area contributed by atoms with Crippen LogP contribution in [0.2, 0.25) is 0 Å². The number of rotatable bonds is 2. The summed E-state index contributed by atoms with van der Waals surface area (Å²) in [6.45, 7) is 1.44. The number of hydrogen-bond acceptors (Lipinski definition) is 3. The van der Waals surface area contributed by atoms with Crippen LogP contribution in [0.1, 0.15) is 20.8 Å². The molecule has 0 aliphatic carbocycles. The first-order chi connectivity index (χ1) is 9.15. The van der Waals surface area contributed by atoms with Crippen LogP contribution < -0.4 is 4.90 Å². The van der Waals surface area contributed by atoms with Crippen LogP contribution >= 0.6 is 11.3 Å². The third-order valence-corrected chi connectivity index (χ3v) is 4.37. The number of hydrogen-bond donors (Lipinski definition) is 1. The van der Waals surface area contributed by atoms with E-state index in [1.165, 1.54) is 16.5 Å². The van der Waals surface area contributed by atoms with Crippen molar-refractivity contribution in [3.63, 3.8) is 0 Å². The Morgan fingerprint density at radius 3 is 2.95 bits per heavy atom. The molecular weight excluding hydrogens is 265 g/mol. The summed E-state index contributed by atoms with van der Waals surface area (Å²) in [6.07, 6.45) is 0.910. The lowest BCUT2D eigenvalue weighted by Crippen LogP contribution is -2.30. The molecule has 0 saturated heterocycles. The number of nitrogens with zero attached hydrogens (tertiary/aromatic N) is 1. The molecule has 0 spiro atoms. The van der Waals surface area contributed by atoms with Gasteiger partial charge in [0.05, 0.1) is 11.3 Å². The van der Waals surface area contributed by atoms with E-state index in [9.17, 15) is 9.18 Å². The van der Waals surface area contributed by atoms with E-state index < -0.39 is 11.8 Å². The molecule has 0 amide bonds. The van der Waals surface area contributed by atoms with Gasteiger partial charge >= 0.3 is 5.97 Å². The van der Waals surface area contributed by atoms with Crippen molar-refractivity contribution in [2.75, 3.05) is 11.4 Å². The van der Waals surface area contributed by atoms with Gasteiger partial charge in [0.15, 0.2) is 0 Å². The van der Waals surface area contributed by atoms with Crippen LogP contribution in [0.15, 0.2) is 29.6 Å². The first-order valence-electron chi connectivity index (χ1n) is 5.98. The Hall–Kier alpha value is -1.88. The van der Waals surface area contributed by atoms with Crippen LogP contribution in [0.3, 0.4) is 0 Å². The largest absolute Gasteiger partial charge is 0.478 e. The van der Waals surface area contributed by atoms with Gasteiger partial charge < -0.3 is 10.0 Å². The first kappa shape index (κ1) is 12.2. The highest BCUT2D eigenvalue weighted by atomic mass is 32.1. The highest BCUT2D eigenvalue weighted by molar-refractivity contribution is 7.10. The molecule has 1 aliphatic rings. The van der Waals surface area contributed by atoms with Crippen LogP contribution in [0.4, 0.5) is 10.1 Å². The monoisotopic (exact) mass is 277 g/mol. The van der Waals surface area contributed by atoms with Crippen molar-refractivity contribution >= 4 is 23.0 Å². The maximum atomic E-state index is 14.0. The maximum Gasteiger partial charge on any atom is 0.335 e. The Morgan fingerprint density at radius 1 is 1.37 bits per heavy atom. The topological polar surface area (TPSA) is 40.5 Å². The van der Waals surface area contributed by atoms with Gasteiger partial charge in [-0.25, -0.2) is 9.18 Å². The van der Waals surface area contributed by atoms with Crippen LogP contribution in [-0.4, -0.2) is 17.6 Å². The summed E-state index contributed by atoms with van der Waals surface area (Å²) in [5.74, 6) is -1.58. The molecule has 1 aromatic heterocycles. The number of anilines is 1. The average molecular weight is 277 g/mol. The van der Waals surface area contributed by atoms with Gasteiger partial charge in [-0.1, -0.05) is 0 Å². The summed E-state index contributed by atoms with van der Waals surface area (Å²) >= 11 is 1.74. The molecule has 0 bridgehead atoms. The summed E-state index contributed by atoms with van der Waals surface area (Å²) < 4.78 is 14.0. The standard InChI is InChI=1S/C14H12FNO2S/c15-11-7-9(14(17)18)1-2-12(11)16-5-3-13-10(8-16)4-6-19-13/h1-2,4,6-7H,3,5,8H2,(H,17,18). The maximum absolute atomic E-state index is 14.0. The predicted octanol–water partition coefficient (Wildman–Crippen LogP) is 3.15. The zero-order chi connectivity index (χ0) is 13.4. The van der Waals surface area contributed by atoms with E-state index in [0.29, 0.717) is 12.2 Å². The molecule has 1 N–H and O–H groups in total. The van der Waals surface area contributed by atoms with Crippen molar-refractivity contribution in [1.82, 2.24) is 0 Å². The fourth-order valence-electron chi connectivity index (χ4n) is 2.35. The predicted molar refractivity (Wildman–Crippen MR) is 72.4 cm³/mol. The Bertz CT molecular complexity index is 638. The smallest absolute Gasteiger partial charge is 0.335 e. The number of aromatic carboxylic acids is 1. The molecule has 0 unspecified atom stereocenters. The number of carboxylic acid groups (broad SMARTS) is 1. The highest BCUT2D eigenvalue weighted by Gasteiger charge is 2.20. The molecule has 0 radical (unpaired) electrons. The minimum atomic E-state index is -1.11. The lowest BCUT2D eigenvalue weighted by Gasteiger charge is -2.29. The Kier molecular flexibility index (Phi) is 2.98. The third kappa shape index (κ3) is 2.21. The lowest BCUT2D eigenvalue weighted by atomic mass is 10.1. The fourth-order valence-corrected chi connectivity index (χ4v) is 3.24. The summed E-state index contributed by atoms with van der Waals surface area (Å²) in [4.78, 5) is 14.1. The second-order valence-electron chi connectivity index (χ2n) is 4.51. The lowest BCUT2D eigenvalue weighted by molar-refractivity contribution is 0.0696. The second-order valence-corrected chi connectivity index (χ2v) is 5.51. The summed E-state index contributed by atoms with van der Waals surface area (Å²) in [5, 5.41) is 10.9. The van der Waals surface area contributed by atoms with E-state index in [1.807, 2.05) is 4.90 Å². The molecule has 1 aliphatic heterocycles. The fraction of sp³-hybridized carbons (Fsp3) is 0.214. The number of benzene rings is 1. The summed E-state index contributed by atoms with van der Waals surface area (Å²) in [6, 6.07) is 6.15. The molecule has 0 saturated carbocycles. The number of thiophene rings is 1. The van der Waals surface area contributed by atoms with E-state index in [4.69, 9.17) is 5.11 Å². The van der Waals surface area contributed by atoms with Gasteiger partial charge in [0, 0.05) is 18.0 Å². The van der Waals surface area contributed by atoms with Crippen molar-refractivity contribution in [2.45, 2.75) is 13.0 Å². The van der Waals surface area contributed by atoms with Crippen molar-refractivity contribution in [3.8, 4) is 0 Å². The quantitative estimate of drug-likeness (QED) is 0.916. The van der Waals surface area contributed by atoms with Crippen LogP contribution in [0.25, 0.3) is 0 Å². The first-order valence-corrected chi connectivity index (χ1v) is 6.86. The van der Waals surface area contributed by atoms with E-state index in [0.717, 1.165) is 19.0 Å². The van der Waals surface area contributed by atoms with Gasteiger partial charge in [-0.2, -0.15) is 0 Å². The normalized spacial score (nSPS) is 14.3. The van der Waals surface area contributed by atoms with Crippen molar-refractivity contribution < 1.29 is 14.3 Å². The molecule has 5 heteroatoms. The Labute approximate surface area is 113 Å². The van der Waals surface area contributed by atoms with Gasteiger partial charge in [0.2, 0.25) is 0 Å². The average Bonchev–Trinajstić information content (AvgIpc) is 2.85. The third-order valence-electron chi connectivity index (χ3n) is 3.34. The zero-order valence-corrected chi connectivity index (χ0v) is 10.9. The zero-order valence-electron chi connectivity index (χ0n) is 10.1. The SMILES string of the molecule is O=C(O)c1ccc(N2CCc3sccc3C2)c(F)c1. The number of carbonyl (C=O) groups is 1. The van der Waals surface area contributed by atoms with Gasteiger partial charge in [-0.15, -0.1) is 11.3 Å². The van der Waals surface area contributed by atoms with Crippen LogP contribution in [0.5, 0.6) is 0 Å².